The molecular weight excluding hydrogens is 338 g/mol. The summed E-state index contributed by atoms with van der Waals surface area (Å²) < 4.78 is 10.4. The number of nitrogens with zero attached hydrogens (tertiary/aromatic N) is 3. The molecule has 0 bridgehead atoms. The van der Waals surface area contributed by atoms with Gasteiger partial charge in [0.25, 0.3) is 0 Å². The molecule has 3 rings (SSSR count). The van der Waals surface area contributed by atoms with Crippen LogP contribution in [0.5, 0.6) is 0 Å². The van der Waals surface area contributed by atoms with Crippen LogP contribution in [0.15, 0.2) is 6.07 Å². The number of nitrogens with two attached hydrogens (primary N) is 1. The third-order valence-corrected chi connectivity index (χ3v) is 5.42. The molecule has 2 aromatic rings. The molecule has 0 radical (unpaired) electrons. The lowest BCUT2D eigenvalue weighted by molar-refractivity contribution is 0.177. The summed E-state index contributed by atoms with van der Waals surface area (Å²) in [5, 5.41) is 4.39. The number of aromatic nitrogens is 3. The standard InChI is InChI=1S/C17H25N5O2S/c1-10-14(25-17(20-10)9-24-3)7-19-15-6-13(11-4-12(18)5-11)21-16(22-15)8-23-2/h6,11-12H,4-5,7-9,18H2,1-3H3,(H,19,21,22). The number of rotatable bonds is 8. The highest BCUT2D eigenvalue weighted by Crippen LogP contribution is 2.35. The quantitative estimate of drug-likeness (QED) is 0.743. The Kier molecular flexibility index (Phi) is 5.95. The maximum Gasteiger partial charge on any atom is 0.156 e. The van der Waals surface area contributed by atoms with Gasteiger partial charge in [-0.05, 0) is 19.8 Å². The molecule has 0 aliphatic heterocycles. The summed E-state index contributed by atoms with van der Waals surface area (Å²) in [6.07, 6.45) is 1.97. The lowest BCUT2D eigenvalue weighted by Gasteiger charge is -2.32. The van der Waals surface area contributed by atoms with Crippen molar-refractivity contribution in [2.45, 2.75) is 51.5 Å². The molecule has 1 fully saturated rings. The van der Waals surface area contributed by atoms with E-state index >= 15 is 0 Å². The number of hydrogen-bond donors (Lipinski definition) is 2. The van der Waals surface area contributed by atoms with Gasteiger partial charge >= 0.3 is 0 Å². The second-order valence-corrected chi connectivity index (χ2v) is 7.53. The van der Waals surface area contributed by atoms with E-state index in [9.17, 15) is 0 Å². The van der Waals surface area contributed by atoms with Crippen LogP contribution in [0.25, 0.3) is 0 Å². The summed E-state index contributed by atoms with van der Waals surface area (Å²) >= 11 is 1.66. The largest absolute Gasteiger partial charge is 0.378 e. The van der Waals surface area contributed by atoms with Gasteiger partial charge in [0.2, 0.25) is 0 Å². The zero-order valence-corrected chi connectivity index (χ0v) is 15.7. The van der Waals surface area contributed by atoms with Crippen LogP contribution in [0.2, 0.25) is 0 Å². The molecular formula is C17H25N5O2S. The number of anilines is 1. The maximum absolute atomic E-state index is 5.92. The molecule has 2 heterocycles. The van der Waals surface area contributed by atoms with E-state index < -0.39 is 0 Å². The van der Waals surface area contributed by atoms with Gasteiger partial charge in [0, 0.05) is 42.8 Å². The summed E-state index contributed by atoms with van der Waals surface area (Å²) in [6, 6.07) is 2.32. The Labute approximate surface area is 152 Å². The highest BCUT2D eigenvalue weighted by Gasteiger charge is 2.29. The van der Waals surface area contributed by atoms with Crippen molar-refractivity contribution < 1.29 is 9.47 Å². The molecule has 1 saturated carbocycles. The number of aryl methyl sites for hydroxylation is 1. The number of hydrogen-bond acceptors (Lipinski definition) is 8. The molecule has 1 aliphatic carbocycles. The molecule has 0 amide bonds. The first-order chi connectivity index (χ1) is 12.1. The van der Waals surface area contributed by atoms with Gasteiger partial charge < -0.3 is 20.5 Å². The van der Waals surface area contributed by atoms with Crippen molar-refractivity contribution in [1.29, 1.82) is 0 Å². The van der Waals surface area contributed by atoms with Gasteiger partial charge in [-0.25, -0.2) is 15.0 Å². The predicted molar refractivity (Wildman–Crippen MR) is 97.6 cm³/mol. The van der Waals surface area contributed by atoms with Crippen molar-refractivity contribution in [1.82, 2.24) is 15.0 Å². The van der Waals surface area contributed by atoms with E-state index in [-0.39, 0.29) is 0 Å². The van der Waals surface area contributed by atoms with Crippen molar-refractivity contribution in [2.75, 3.05) is 19.5 Å². The van der Waals surface area contributed by atoms with Crippen molar-refractivity contribution in [3.63, 3.8) is 0 Å². The molecule has 0 atom stereocenters. The van der Waals surface area contributed by atoms with Crippen LogP contribution in [0.3, 0.4) is 0 Å². The second-order valence-electron chi connectivity index (χ2n) is 6.36. The molecule has 8 heteroatoms. The van der Waals surface area contributed by atoms with Gasteiger partial charge in [0.15, 0.2) is 5.82 Å². The van der Waals surface area contributed by atoms with E-state index in [0.29, 0.717) is 37.5 Å². The van der Waals surface area contributed by atoms with Gasteiger partial charge in [-0.2, -0.15) is 0 Å². The summed E-state index contributed by atoms with van der Waals surface area (Å²) in [7, 11) is 3.33. The molecule has 7 nitrogen and oxygen atoms in total. The Bertz CT molecular complexity index is 715. The minimum Gasteiger partial charge on any atom is -0.378 e. The van der Waals surface area contributed by atoms with E-state index in [1.54, 1.807) is 25.6 Å². The second kappa shape index (κ2) is 8.18. The van der Waals surface area contributed by atoms with Gasteiger partial charge in [0.05, 0.1) is 18.8 Å². The monoisotopic (exact) mass is 363 g/mol. The zero-order chi connectivity index (χ0) is 17.8. The lowest BCUT2D eigenvalue weighted by atomic mass is 9.78. The molecule has 2 aromatic heterocycles. The number of methoxy groups -OCH3 is 2. The fraction of sp³-hybridized carbons (Fsp3) is 0.588. The summed E-state index contributed by atoms with van der Waals surface area (Å²) in [5.74, 6) is 1.94. The average molecular weight is 363 g/mol. The van der Waals surface area contributed by atoms with Crippen LogP contribution in [0.4, 0.5) is 5.82 Å². The molecule has 3 N–H and O–H groups in total. The first-order valence-corrected chi connectivity index (χ1v) is 9.21. The third kappa shape index (κ3) is 4.52. The minimum absolute atomic E-state index is 0.293. The van der Waals surface area contributed by atoms with E-state index in [2.05, 4.69) is 20.3 Å². The van der Waals surface area contributed by atoms with Gasteiger partial charge in [-0.3, -0.25) is 0 Å². The first-order valence-electron chi connectivity index (χ1n) is 8.39. The summed E-state index contributed by atoms with van der Waals surface area (Å²) in [4.78, 5) is 14.9. The van der Waals surface area contributed by atoms with Crippen LogP contribution in [-0.4, -0.2) is 35.2 Å². The topological polar surface area (TPSA) is 95.2 Å². The highest BCUT2D eigenvalue weighted by molar-refractivity contribution is 7.11. The fourth-order valence-corrected chi connectivity index (χ4v) is 3.90. The Morgan fingerprint density at radius 3 is 2.64 bits per heavy atom. The smallest absolute Gasteiger partial charge is 0.156 e. The van der Waals surface area contributed by atoms with E-state index in [1.165, 1.54) is 4.88 Å². The van der Waals surface area contributed by atoms with Crippen molar-refractivity contribution >= 4 is 17.2 Å². The van der Waals surface area contributed by atoms with Crippen molar-refractivity contribution in [2.24, 2.45) is 5.73 Å². The third-order valence-electron chi connectivity index (χ3n) is 4.29. The maximum atomic E-state index is 5.92. The van der Waals surface area contributed by atoms with Crippen molar-refractivity contribution in [3.8, 4) is 0 Å². The van der Waals surface area contributed by atoms with Crippen LogP contribution in [0, 0.1) is 6.92 Å². The molecule has 0 spiro atoms. The van der Waals surface area contributed by atoms with Crippen LogP contribution in [-0.2, 0) is 29.2 Å². The number of ether oxygens (including phenoxy) is 2. The van der Waals surface area contributed by atoms with E-state index in [0.717, 1.165) is 35.1 Å². The van der Waals surface area contributed by atoms with E-state index in [1.807, 2.05) is 13.0 Å². The highest BCUT2D eigenvalue weighted by atomic mass is 32.1. The van der Waals surface area contributed by atoms with Crippen molar-refractivity contribution in [3.05, 3.63) is 33.2 Å². The Morgan fingerprint density at radius 2 is 1.96 bits per heavy atom. The Hall–Kier alpha value is -1.61. The van der Waals surface area contributed by atoms with Gasteiger partial charge in [-0.15, -0.1) is 11.3 Å². The zero-order valence-electron chi connectivity index (χ0n) is 14.9. The van der Waals surface area contributed by atoms with E-state index in [4.69, 9.17) is 15.2 Å². The molecule has 136 valence electrons. The molecule has 0 saturated heterocycles. The lowest BCUT2D eigenvalue weighted by Crippen LogP contribution is -2.35. The normalized spacial score (nSPS) is 19.7. The van der Waals surface area contributed by atoms with Crippen LogP contribution >= 0.6 is 11.3 Å². The average Bonchev–Trinajstić information content (AvgIpc) is 2.90. The predicted octanol–water partition coefficient (Wildman–Crippen LogP) is 2.35. The molecule has 0 unspecified atom stereocenters. The van der Waals surface area contributed by atoms with Crippen LogP contribution in [0.1, 0.15) is 45.9 Å². The summed E-state index contributed by atoms with van der Waals surface area (Å²) in [5.41, 5.74) is 8.00. The number of thiazole rings is 1. The Balaban J connectivity index is 1.72. The summed E-state index contributed by atoms with van der Waals surface area (Å²) in [6.45, 7) is 3.65. The van der Waals surface area contributed by atoms with Crippen LogP contribution < -0.4 is 11.1 Å². The van der Waals surface area contributed by atoms with Gasteiger partial charge in [0.1, 0.15) is 17.4 Å². The minimum atomic E-state index is 0.293. The molecule has 0 aromatic carbocycles. The van der Waals surface area contributed by atoms with Gasteiger partial charge in [-0.1, -0.05) is 0 Å². The Morgan fingerprint density at radius 1 is 1.20 bits per heavy atom. The SMILES string of the molecule is COCc1nc(NCc2sc(COC)nc2C)cc(C2CC(N)C2)n1. The molecule has 25 heavy (non-hydrogen) atoms. The fourth-order valence-electron chi connectivity index (χ4n) is 2.92. The molecule has 1 aliphatic rings. The number of nitrogens with one attached hydrogen (secondary N) is 1. The first kappa shape index (κ1) is 18.2.